The van der Waals surface area contributed by atoms with Crippen molar-refractivity contribution in [1.29, 1.82) is 0 Å². The number of nitrogens with zero attached hydrogens (tertiary/aromatic N) is 1. The van der Waals surface area contributed by atoms with E-state index < -0.39 is 0 Å². The lowest BCUT2D eigenvalue weighted by atomic mass is 10.1. The summed E-state index contributed by atoms with van der Waals surface area (Å²) in [4.78, 5) is 15.4. The lowest BCUT2D eigenvalue weighted by Crippen LogP contribution is -2.26. The summed E-state index contributed by atoms with van der Waals surface area (Å²) >= 11 is 0. The SMILES string of the molecule is COC(=O)c1ccc(CNCC2(CO)CC2)nc1. The number of methoxy groups -OCH3 is 1. The molecule has 0 bridgehead atoms. The first kappa shape index (κ1) is 13.0. The zero-order valence-corrected chi connectivity index (χ0v) is 10.5. The average Bonchev–Trinajstić information content (AvgIpc) is 3.19. The van der Waals surface area contributed by atoms with Crippen molar-refractivity contribution in [3.63, 3.8) is 0 Å². The molecular formula is C13H18N2O3. The fourth-order valence-electron chi connectivity index (χ4n) is 1.79. The van der Waals surface area contributed by atoms with E-state index in [2.05, 4.69) is 15.0 Å². The number of carbonyl (C=O) groups is 1. The van der Waals surface area contributed by atoms with E-state index in [0.717, 1.165) is 25.1 Å². The molecule has 5 nitrogen and oxygen atoms in total. The summed E-state index contributed by atoms with van der Waals surface area (Å²) in [7, 11) is 1.35. The highest BCUT2D eigenvalue weighted by Crippen LogP contribution is 2.44. The van der Waals surface area contributed by atoms with E-state index in [0.29, 0.717) is 12.1 Å². The molecule has 0 spiro atoms. The Morgan fingerprint density at radius 3 is 2.83 bits per heavy atom. The van der Waals surface area contributed by atoms with Crippen molar-refractivity contribution < 1.29 is 14.6 Å². The summed E-state index contributed by atoms with van der Waals surface area (Å²) in [5.74, 6) is -0.376. The van der Waals surface area contributed by atoms with Crippen LogP contribution in [0.5, 0.6) is 0 Å². The Kier molecular flexibility index (Phi) is 3.93. The van der Waals surface area contributed by atoms with Crippen LogP contribution in [-0.4, -0.2) is 36.3 Å². The molecule has 0 amide bonds. The molecule has 0 atom stereocenters. The first-order valence-corrected chi connectivity index (χ1v) is 6.04. The highest BCUT2D eigenvalue weighted by atomic mass is 16.5. The number of esters is 1. The predicted molar refractivity (Wildman–Crippen MR) is 66.0 cm³/mol. The molecule has 2 rings (SSSR count). The molecule has 1 aromatic heterocycles. The fourth-order valence-corrected chi connectivity index (χ4v) is 1.79. The number of ether oxygens (including phenoxy) is 1. The van der Waals surface area contributed by atoms with E-state index >= 15 is 0 Å². The van der Waals surface area contributed by atoms with Gasteiger partial charge in [-0.2, -0.15) is 0 Å². The van der Waals surface area contributed by atoms with E-state index in [-0.39, 0.29) is 18.0 Å². The Morgan fingerprint density at radius 2 is 2.33 bits per heavy atom. The van der Waals surface area contributed by atoms with Crippen LogP contribution < -0.4 is 5.32 Å². The topological polar surface area (TPSA) is 71.5 Å². The Balaban J connectivity index is 1.81. The van der Waals surface area contributed by atoms with E-state index in [4.69, 9.17) is 0 Å². The molecule has 5 heteroatoms. The number of aliphatic hydroxyl groups is 1. The summed E-state index contributed by atoms with van der Waals surface area (Å²) in [6.45, 7) is 1.70. The van der Waals surface area contributed by atoms with Gasteiger partial charge in [0.2, 0.25) is 0 Å². The summed E-state index contributed by atoms with van der Waals surface area (Å²) in [5, 5.41) is 12.5. The standard InChI is InChI=1S/C13H18N2O3/c1-18-12(17)10-2-3-11(15-6-10)7-14-8-13(9-16)4-5-13/h2-3,6,14,16H,4-5,7-9H2,1H3. The van der Waals surface area contributed by atoms with Crippen molar-refractivity contribution in [2.24, 2.45) is 5.41 Å². The van der Waals surface area contributed by atoms with Crippen LogP contribution in [-0.2, 0) is 11.3 Å². The van der Waals surface area contributed by atoms with E-state index in [1.54, 1.807) is 12.1 Å². The molecule has 1 saturated carbocycles. The maximum absolute atomic E-state index is 11.2. The Labute approximate surface area is 106 Å². The van der Waals surface area contributed by atoms with Crippen LogP contribution in [0.3, 0.4) is 0 Å². The van der Waals surface area contributed by atoms with E-state index in [1.807, 2.05) is 0 Å². The molecule has 0 unspecified atom stereocenters. The van der Waals surface area contributed by atoms with Crippen LogP contribution >= 0.6 is 0 Å². The van der Waals surface area contributed by atoms with Crippen LogP contribution in [0.15, 0.2) is 18.3 Å². The van der Waals surface area contributed by atoms with Crippen molar-refractivity contribution in [2.45, 2.75) is 19.4 Å². The highest BCUT2D eigenvalue weighted by molar-refractivity contribution is 5.88. The second kappa shape index (κ2) is 5.46. The van der Waals surface area contributed by atoms with Gasteiger partial charge in [-0.15, -0.1) is 0 Å². The van der Waals surface area contributed by atoms with Crippen LogP contribution in [0.1, 0.15) is 28.9 Å². The van der Waals surface area contributed by atoms with Crippen molar-refractivity contribution >= 4 is 5.97 Å². The van der Waals surface area contributed by atoms with Gasteiger partial charge in [0.05, 0.1) is 18.4 Å². The number of rotatable bonds is 6. The molecule has 98 valence electrons. The van der Waals surface area contributed by atoms with Crippen LogP contribution in [0, 0.1) is 5.41 Å². The molecule has 1 fully saturated rings. The zero-order valence-electron chi connectivity index (χ0n) is 10.5. The van der Waals surface area contributed by atoms with Gasteiger partial charge >= 0.3 is 5.97 Å². The number of nitrogens with one attached hydrogen (secondary N) is 1. The van der Waals surface area contributed by atoms with Crippen LogP contribution in [0.25, 0.3) is 0 Å². The second-order valence-electron chi connectivity index (χ2n) is 4.79. The quantitative estimate of drug-likeness (QED) is 0.728. The number of aliphatic hydroxyl groups excluding tert-OH is 1. The number of hydrogen-bond acceptors (Lipinski definition) is 5. The molecule has 1 aliphatic rings. The summed E-state index contributed by atoms with van der Waals surface area (Å²) in [6.07, 6.45) is 3.69. The normalized spacial score (nSPS) is 16.3. The largest absolute Gasteiger partial charge is 0.465 e. The van der Waals surface area contributed by atoms with Gasteiger partial charge in [-0.05, 0) is 25.0 Å². The summed E-state index contributed by atoms with van der Waals surface area (Å²) in [5.41, 5.74) is 1.43. The molecule has 0 aliphatic heterocycles. The van der Waals surface area contributed by atoms with Crippen LogP contribution in [0.2, 0.25) is 0 Å². The molecule has 0 radical (unpaired) electrons. The first-order valence-electron chi connectivity index (χ1n) is 6.04. The molecule has 1 heterocycles. The summed E-state index contributed by atoms with van der Waals surface area (Å²) in [6, 6.07) is 3.51. The molecular weight excluding hydrogens is 232 g/mol. The fraction of sp³-hybridized carbons (Fsp3) is 0.538. The van der Waals surface area contributed by atoms with E-state index in [1.165, 1.54) is 13.3 Å². The Bertz CT molecular complexity index is 413. The second-order valence-corrected chi connectivity index (χ2v) is 4.79. The number of hydrogen-bond donors (Lipinski definition) is 2. The van der Waals surface area contributed by atoms with Gasteiger partial charge in [0.25, 0.3) is 0 Å². The smallest absolute Gasteiger partial charge is 0.339 e. The van der Waals surface area contributed by atoms with Gasteiger partial charge in [0, 0.05) is 31.3 Å². The third-order valence-corrected chi connectivity index (χ3v) is 3.34. The maximum atomic E-state index is 11.2. The molecule has 18 heavy (non-hydrogen) atoms. The average molecular weight is 250 g/mol. The highest BCUT2D eigenvalue weighted by Gasteiger charge is 2.41. The Morgan fingerprint density at radius 1 is 1.56 bits per heavy atom. The molecule has 0 aromatic carbocycles. The van der Waals surface area contributed by atoms with Gasteiger partial charge < -0.3 is 15.2 Å². The van der Waals surface area contributed by atoms with Crippen molar-refractivity contribution in [3.05, 3.63) is 29.6 Å². The maximum Gasteiger partial charge on any atom is 0.339 e. The third kappa shape index (κ3) is 3.05. The van der Waals surface area contributed by atoms with Gasteiger partial charge in [-0.25, -0.2) is 4.79 Å². The first-order chi connectivity index (χ1) is 8.69. The van der Waals surface area contributed by atoms with Crippen molar-refractivity contribution in [3.8, 4) is 0 Å². The lowest BCUT2D eigenvalue weighted by molar-refractivity contribution is 0.0600. The molecule has 2 N–H and O–H groups in total. The molecule has 1 aromatic rings. The van der Waals surface area contributed by atoms with E-state index in [9.17, 15) is 9.90 Å². The predicted octanol–water partition coefficient (Wildman–Crippen LogP) is 0.730. The van der Waals surface area contributed by atoms with Gasteiger partial charge in [0.15, 0.2) is 0 Å². The minimum atomic E-state index is -0.376. The van der Waals surface area contributed by atoms with Gasteiger partial charge in [0.1, 0.15) is 0 Å². The van der Waals surface area contributed by atoms with Gasteiger partial charge in [-0.1, -0.05) is 0 Å². The number of aromatic nitrogens is 1. The van der Waals surface area contributed by atoms with Gasteiger partial charge in [-0.3, -0.25) is 4.98 Å². The summed E-state index contributed by atoms with van der Waals surface area (Å²) < 4.78 is 4.60. The minimum Gasteiger partial charge on any atom is -0.465 e. The molecule has 1 aliphatic carbocycles. The zero-order chi connectivity index (χ0) is 13.0. The number of carbonyl (C=O) groups excluding carboxylic acids is 1. The Hall–Kier alpha value is -1.46. The third-order valence-electron chi connectivity index (χ3n) is 3.34. The minimum absolute atomic E-state index is 0.103. The van der Waals surface area contributed by atoms with Crippen LogP contribution in [0.4, 0.5) is 0 Å². The molecule has 0 saturated heterocycles. The number of pyridine rings is 1. The monoisotopic (exact) mass is 250 g/mol. The van der Waals surface area contributed by atoms with Crippen molar-refractivity contribution in [1.82, 2.24) is 10.3 Å². The van der Waals surface area contributed by atoms with Crippen molar-refractivity contribution in [2.75, 3.05) is 20.3 Å². The lowest BCUT2D eigenvalue weighted by Gasteiger charge is -2.12.